The summed E-state index contributed by atoms with van der Waals surface area (Å²) in [6, 6.07) is 7.88. The number of anilines is 2. The number of nitrogens with one attached hydrogen (secondary N) is 1. The normalized spacial score (nSPS) is 11.8. The molecule has 0 radical (unpaired) electrons. The number of aromatic nitrogens is 1. The third kappa shape index (κ3) is 2.67. The summed E-state index contributed by atoms with van der Waals surface area (Å²) in [5.74, 6) is 0. The van der Waals surface area contributed by atoms with E-state index in [-0.39, 0.29) is 5.54 Å². The molecule has 0 saturated heterocycles. The first-order chi connectivity index (χ1) is 7.85. The quantitative estimate of drug-likeness (QED) is 0.737. The summed E-state index contributed by atoms with van der Waals surface area (Å²) in [5, 5.41) is 4.57. The SMILES string of the molecule is Cc1cc(NC(C)(C)C)c2cc(N)ccc2n1. The monoisotopic (exact) mass is 229 g/mol. The maximum atomic E-state index is 5.84. The van der Waals surface area contributed by atoms with Crippen molar-refractivity contribution >= 4 is 22.3 Å². The van der Waals surface area contributed by atoms with Gasteiger partial charge in [0, 0.05) is 28.0 Å². The first kappa shape index (κ1) is 11.7. The lowest BCUT2D eigenvalue weighted by atomic mass is 10.1. The van der Waals surface area contributed by atoms with Gasteiger partial charge in [-0.3, -0.25) is 4.98 Å². The molecule has 2 aromatic rings. The van der Waals surface area contributed by atoms with Crippen LogP contribution in [0, 0.1) is 6.92 Å². The molecule has 17 heavy (non-hydrogen) atoms. The van der Waals surface area contributed by atoms with E-state index in [9.17, 15) is 0 Å². The Morgan fingerprint density at radius 3 is 2.53 bits per heavy atom. The van der Waals surface area contributed by atoms with E-state index in [1.54, 1.807) is 0 Å². The number of hydrogen-bond donors (Lipinski definition) is 2. The Morgan fingerprint density at radius 1 is 1.18 bits per heavy atom. The van der Waals surface area contributed by atoms with E-state index in [0.29, 0.717) is 0 Å². The van der Waals surface area contributed by atoms with Gasteiger partial charge >= 0.3 is 0 Å². The van der Waals surface area contributed by atoms with E-state index in [4.69, 9.17) is 5.73 Å². The Morgan fingerprint density at radius 2 is 1.88 bits per heavy atom. The number of nitrogens with zero attached hydrogens (tertiary/aromatic N) is 1. The largest absolute Gasteiger partial charge is 0.399 e. The average Bonchev–Trinajstić information content (AvgIpc) is 2.16. The van der Waals surface area contributed by atoms with Gasteiger partial charge < -0.3 is 11.1 Å². The second-order valence-electron chi connectivity index (χ2n) is 5.46. The van der Waals surface area contributed by atoms with Gasteiger partial charge in [-0.25, -0.2) is 0 Å². The highest BCUT2D eigenvalue weighted by Gasteiger charge is 2.12. The predicted molar refractivity (Wildman–Crippen MR) is 74.3 cm³/mol. The zero-order valence-electron chi connectivity index (χ0n) is 10.8. The zero-order valence-corrected chi connectivity index (χ0v) is 10.8. The molecule has 0 aliphatic rings. The van der Waals surface area contributed by atoms with Crippen molar-refractivity contribution in [2.24, 2.45) is 0 Å². The molecule has 90 valence electrons. The van der Waals surface area contributed by atoms with Gasteiger partial charge in [-0.1, -0.05) is 0 Å². The molecular weight excluding hydrogens is 210 g/mol. The van der Waals surface area contributed by atoms with E-state index in [1.807, 2.05) is 25.1 Å². The van der Waals surface area contributed by atoms with Gasteiger partial charge in [-0.05, 0) is 52.0 Å². The highest BCUT2D eigenvalue weighted by atomic mass is 15.0. The summed E-state index contributed by atoms with van der Waals surface area (Å²) >= 11 is 0. The van der Waals surface area contributed by atoms with Gasteiger partial charge in [0.25, 0.3) is 0 Å². The third-order valence-corrected chi connectivity index (χ3v) is 2.47. The van der Waals surface area contributed by atoms with Crippen molar-refractivity contribution in [3.8, 4) is 0 Å². The van der Waals surface area contributed by atoms with Crippen molar-refractivity contribution in [3.63, 3.8) is 0 Å². The Labute approximate surface area is 102 Å². The van der Waals surface area contributed by atoms with E-state index in [2.05, 4.69) is 37.1 Å². The van der Waals surface area contributed by atoms with Crippen LogP contribution in [0.4, 0.5) is 11.4 Å². The fourth-order valence-corrected chi connectivity index (χ4v) is 1.88. The maximum Gasteiger partial charge on any atom is 0.0727 e. The highest BCUT2D eigenvalue weighted by molar-refractivity contribution is 5.93. The van der Waals surface area contributed by atoms with Crippen LogP contribution in [0.15, 0.2) is 24.3 Å². The zero-order chi connectivity index (χ0) is 12.6. The molecule has 0 atom stereocenters. The Bertz CT molecular complexity index is 553. The number of rotatable bonds is 1. The number of nitrogens with two attached hydrogens (primary N) is 1. The number of benzene rings is 1. The molecule has 0 amide bonds. The molecule has 3 N–H and O–H groups in total. The maximum absolute atomic E-state index is 5.84. The molecule has 3 heteroatoms. The third-order valence-electron chi connectivity index (χ3n) is 2.47. The van der Waals surface area contributed by atoms with Crippen LogP contribution in [0.1, 0.15) is 26.5 Å². The van der Waals surface area contributed by atoms with Crippen molar-refractivity contribution in [2.45, 2.75) is 33.2 Å². The summed E-state index contributed by atoms with van der Waals surface area (Å²) in [6.07, 6.45) is 0. The van der Waals surface area contributed by atoms with E-state index in [1.165, 1.54) is 0 Å². The van der Waals surface area contributed by atoms with Crippen LogP contribution in [-0.4, -0.2) is 10.5 Å². The van der Waals surface area contributed by atoms with Crippen LogP contribution in [0.3, 0.4) is 0 Å². The number of fused-ring (bicyclic) bond motifs is 1. The van der Waals surface area contributed by atoms with Crippen molar-refractivity contribution in [3.05, 3.63) is 30.0 Å². The minimum absolute atomic E-state index is 0.0192. The summed E-state index contributed by atoms with van der Waals surface area (Å²) in [4.78, 5) is 4.51. The van der Waals surface area contributed by atoms with Crippen molar-refractivity contribution < 1.29 is 0 Å². The Kier molecular flexibility index (Phi) is 2.69. The van der Waals surface area contributed by atoms with Crippen LogP contribution in [-0.2, 0) is 0 Å². The Balaban J connectivity index is 2.63. The topological polar surface area (TPSA) is 50.9 Å². The van der Waals surface area contributed by atoms with Crippen molar-refractivity contribution in [1.82, 2.24) is 4.98 Å². The standard InChI is InChI=1S/C14H19N3/c1-9-7-13(17-14(2,3)4)11-8-10(15)5-6-12(11)16-9/h5-8H,15H2,1-4H3,(H,16,17). The molecule has 3 nitrogen and oxygen atoms in total. The fourth-order valence-electron chi connectivity index (χ4n) is 1.88. The molecule has 0 saturated carbocycles. The minimum Gasteiger partial charge on any atom is -0.399 e. The lowest BCUT2D eigenvalue weighted by molar-refractivity contribution is 0.635. The smallest absolute Gasteiger partial charge is 0.0727 e. The van der Waals surface area contributed by atoms with Gasteiger partial charge in [0.2, 0.25) is 0 Å². The number of hydrogen-bond acceptors (Lipinski definition) is 3. The molecule has 0 unspecified atom stereocenters. The predicted octanol–water partition coefficient (Wildman–Crippen LogP) is 3.34. The summed E-state index contributed by atoms with van der Waals surface area (Å²) in [7, 11) is 0. The van der Waals surface area contributed by atoms with Crippen molar-refractivity contribution in [1.29, 1.82) is 0 Å². The molecule has 1 aromatic heterocycles. The lowest BCUT2D eigenvalue weighted by Crippen LogP contribution is -2.26. The molecule has 0 spiro atoms. The average molecular weight is 229 g/mol. The van der Waals surface area contributed by atoms with E-state index in [0.717, 1.165) is 28.0 Å². The Hall–Kier alpha value is -1.77. The first-order valence-electron chi connectivity index (χ1n) is 5.80. The molecule has 1 aromatic carbocycles. The number of pyridine rings is 1. The minimum atomic E-state index is 0.0192. The van der Waals surface area contributed by atoms with Gasteiger partial charge in [0.1, 0.15) is 0 Å². The summed E-state index contributed by atoms with van der Waals surface area (Å²) < 4.78 is 0. The fraction of sp³-hybridized carbons (Fsp3) is 0.357. The number of nitrogen functional groups attached to an aromatic ring is 1. The van der Waals surface area contributed by atoms with Gasteiger partial charge in [0.15, 0.2) is 0 Å². The van der Waals surface area contributed by atoms with Crippen LogP contribution >= 0.6 is 0 Å². The number of aryl methyl sites for hydroxylation is 1. The van der Waals surface area contributed by atoms with Gasteiger partial charge in [-0.15, -0.1) is 0 Å². The van der Waals surface area contributed by atoms with Gasteiger partial charge in [0.05, 0.1) is 5.52 Å². The molecule has 0 aliphatic heterocycles. The summed E-state index contributed by atoms with van der Waals surface area (Å²) in [6.45, 7) is 8.42. The van der Waals surface area contributed by atoms with Gasteiger partial charge in [-0.2, -0.15) is 0 Å². The summed E-state index contributed by atoms with van der Waals surface area (Å²) in [5.41, 5.74) is 9.70. The van der Waals surface area contributed by atoms with E-state index < -0.39 is 0 Å². The lowest BCUT2D eigenvalue weighted by Gasteiger charge is -2.23. The van der Waals surface area contributed by atoms with Crippen LogP contribution in [0.25, 0.3) is 10.9 Å². The second-order valence-corrected chi connectivity index (χ2v) is 5.46. The van der Waals surface area contributed by atoms with E-state index >= 15 is 0 Å². The van der Waals surface area contributed by atoms with Crippen LogP contribution in [0.2, 0.25) is 0 Å². The molecule has 0 fully saturated rings. The second kappa shape index (κ2) is 3.91. The first-order valence-corrected chi connectivity index (χ1v) is 5.80. The molecule has 0 bridgehead atoms. The molecule has 0 aliphatic carbocycles. The molecular formula is C14H19N3. The highest BCUT2D eigenvalue weighted by Crippen LogP contribution is 2.27. The van der Waals surface area contributed by atoms with Crippen LogP contribution < -0.4 is 11.1 Å². The van der Waals surface area contributed by atoms with Crippen LogP contribution in [0.5, 0.6) is 0 Å². The van der Waals surface area contributed by atoms with Crippen molar-refractivity contribution in [2.75, 3.05) is 11.1 Å². The molecule has 2 rings (SSSR count). The molecule has 1 heterocycles.